The van der Waals surface area contributed by atoms with Gasteiger partial charge < -0.3 is 20.9 Å². The van der Waals surface area contributed by atoms with Gasteiger partial charge in [0.05, 0.1) is 17.3 Å². The number of pyridine rings is 1. The number of nitrogens with one attached hydrogen (secondary N) is 3. The number of nitrogens with zero attached hydrogens (tertiary/aromatic N) is 3. The molecule has 11 heteroatoms. The Hall–Kier alpha value is -3.01. The average Bonchev–Trinajstić information content (AvgIpc) is 3.20. The van der Waals surface area contributed by atoms with Crippen molar-refractivity contribution in [3.8, 4) is 0 Å². The van der Waals surface area contributed by atoms with Crippen molar-refractivity contribution >= 4 is 35.0 Å². The van der Waals surface area contributed by atoms with Gasteiger partial charge >= 0.3 is 0 Å². The molecule has 0 aliphatic carbocycles. The van der Waals surface area contributed by atoms with Crippen LogP contribution in [0.1, 0.15) is 6.42 Å². The van der Waals surface area contributed by atoms with Crippen molar-refractivity contribution in [1.82, 2.24) is 15.6 Å². The zero-order chi connectivity index (χ0) is 21.7. The topological polar surface area (TPSA) is 81.6 Å². The van der Waals surface area contributed by atoms with Gasteiger partial charge in [0.1, 0.15) is 5.82 Å². The van der Waals surface area contributed by atoms with Crippen molar-refractivity contribution in [3.05, 3.63) is 52.9 Å². The van der Waals surface area contributed by atoms with Crippen LogP contribution >= 0.6 is 11.6 Å². The van der Waals surface area contributed by atoms with E-state index >= 15 is 0 Å². The van der Waals surface area contributed by atoms with E-state index in [0.29, 0.717) is 23.3 Å². The van der Waals surface area contributed by atoms with Gasteiger partial charge in [0, 0.05) is 32.4 Å². The predicted octanol–water partition coefficient (Wildman–Crippen LogP) is 2.53. The Kier molecular flexibility index (Phi) is 6.99. The summed E-state index contributed by atoms with van der Waals surface area (Å²) in [5.41, 5.74) is -0.442. The summed E-state index contributed by atoms with van der Waals surface area (Å²) in [6.45, 7) is 1.14. The summed E-state index contributed by atoms with van der Waals surface area (Å²) in [5.74, 6) is -3.99. The summed E-state index contributed by atoms with van der Waals surface area (Å²) in [7, 11) is 1.55. The lowest BCUT2D eigenvalue weighted by molar-refractivity contribution is -0.115. The number of carbonyl (C=O) groups is 1. The molecule has 1 saturated heterocycles. The number of anilines is 2. The fraction of sp³-hybridized carbons (Fsp3) is 0.316. The normalized spacial score (nSPS) is 16.5. The molecule has 3 N–H and O–H groups in total. The van der Waals surface area contributed by atoms with Gasteiger partial charge in [0.15, 0.2) is 23.4 Å². The molecule has 3 rings (SSSR count). The number of hydrogen-bond acceptors (Lipinski definition) is 4. The molecule has 1 aliphatic rings. The largest absolute Gasteiger partial charge is 0.353 e. The lowest BCUT2D eigenvalue weighted by Crippen LogP contribution is -2.46. The number of halogens is 4. The Morgan fingerprint density at radius 3 is 2.83 bits per heavy atom. The molecule has 1 aliphatic heterocycles. The number of amides is 1. The van der Waals surface area contributed by atoms with Crippen molar-refractivity contribution < 1.29 is 18.0 Å². The van der Waals surface area contributed by atoms with Crippen LogP contribution in [0.5, 0.6) is 0 Å². The number of guanidine groups is 1. The first-order chi connectivity index (χ1) is 14.4. The minimum Gasteiger partial charge on any atom is -0.353 e. The van der Waals surface area contributed by atoms with Gasteiger partial charge in [-0.3, -0.25) is 9.79 Å². The highest BCUT2D eigenvalue weighted by atomic mass is 35.5. The van der Waals surface area contributed by atoms with E-state index in [1.807, 2.05) is 4.90 Å². The second-order valence-corrected chi connectivity index (χ2v) is 6.99. The molecule has 0 bridgehead atoms. The Morgan fingerprint density at radius 2 is 2.10 bits per heavy atom. The van der Waals surface area contributed by atoms with Gasteiger partial charge in [-0.25, -0.2) is 18.2 Å². The summed E-state index contributed by atoms with van der Waals surface area (Å²) in [4.78, 5) is 22.4. The molecule has 1 unspecified atom stereocenters. The van der Waals surface area contributed by atoms with Crippen molar-refractivity contribution in [3.63, 3.8) is 0 Å². The highest BCUT2D eigenvalue weighted by molar-refractivity contribution is 6.32. The molecule has 2 aromatic rings. The molecule has 160 valence electrons. The maximum Gasteiger partial charge on any atom is 0.243 e. The number of rotatable bonds is 5. The minimum atomic E-state index is -1.64. The zero-order valence-corrected chi connectivity index (χ0v) is 16.8. The van der Waals surface area contributed by atoms with E-state index in [-0.39, 0.29) is 12.6 Å². The molecule has 1 atom stereocenters. The smallest absolute Gasteiger partial charge is 0.243 e. The van der Waals surface area contributed by atoms with E-state index < -0.39 is 29.0 Å². The quantitative estimate of drug-likeness (QED) is 0.378. The maximum absolute atomic E-state index is 13.7. The molecule has 0 spiro atoms. The van der Waals surface area contributed by atoms with Gasteiger partial charge in [-0.15, -0.1) is 0 Å². The Bertz CT molecular complexity index is 958. The maximum atomic E-state index is 13.7. The molecule has 0 saturated carbocycles. The highest BCUT2D eigenvalue weighted by Crippen LogP contribution is 2.25. The lowest BCUT2D eigenvalue weighted by atomic mass is 10.2. The van der Waals surface area contributed by atoms with Gasteiger partial charge in [-0.2, -0.15) is 0 Å². The van der Waals surface area contributed by atoms with E-state index in [0.717, 1.165) is 25.1 Å². The van der Waals surface area contributed by atoms with E-state index in [4.69, 9.17) is 11.6 Å². The number of aliphatic imine (C=N–C) groups is 1. The minimum absolute atomic E-state index is 0.0426. The zero-order valence-electron chi connectivity index (χ0n) is 16.1. The second-order valence-electron chi connectivity index (χ2n) is 6.58. The SMILES string of the molecule is CN=C(NCC(=O)Nc1ccc(F)c(F)c1F)NC1CCN(c2ncccc2Cl)C1. The second kappa shape index (κ2) is 9.66. The Morgan fingerprint density at radius 1 is 1.30 bits per heavy atom. The van der Waals surface area contributed by atoms with Crippen LogP contribution in [0.4, 0.5) is 24.7 Å². The van der Waals surface area contributed by atoms with Crippen LogP contribution in [0.3, 0.4) is 0 Å². The molecule has 0 radical (unpaired) electrons. The summed E-state index contributed by atoms with van der Waals surface area (Å²) in [5, 5.41) is 8.76. The molecular formula is C19H20ClF3N6O. The standard InChI is InChI=1S/C19H20ClF3N6O/c1-24-19(26-9-15(30)28-14-5-4-13(21)16(22)17(14)23)27-11-6-8-29(10-11)18-12(20)3-2-7-25-18/h2-5,7,11H,6,8-10H2,1H3,(H,28,30)(H2,24,26,27). The third-order valence-electron chi connectivity index (χ3n) is 4.52. The number of aromatic nitrogens is 1. The van der Waals surface area contributed by atoms with Crippen LogP contribution < -0.4 is 20.9 Å². The summed E-state index contributed by atoms with van der Waals surface area (Å²) < 4.78 is 39.9. The molecule has 1 aromatic carbocycles. The Labute approximate surface area is 176 Å². The molecule has 2 heterocycles. The van der Waals surface area contributed by atoms with Crippen LogP contribution in [0.25, 0.3) is 0 Å². The third-order valence-corrected chi connectivity index (χ3v) is 4.81. The molecule has 1 fully saturated rings. The van der Waals surface area contributed by atoms with Crippen LogP contribution in [0, 0.1) is 17.5 Å². The van der Waals surface area contributed by atoms with Gasteiger partial charge in [0.25, 0.3) is 0 Å². The van der Waals surface area contributed by atoms with Gasteiger partial charge in [-0.05, 0) is 30.7 Å². The summed E-state index contributed by atoms with van der Waals surface area (Å²) in [6.07, 6.45) is 2.48. The number of carbonyl (C=O) groups excluding carboxylic acids is 1. The lowest BCUT2D eigenvalue weighted by Gasteiger charge is -2.20. The van der Waals surface area contributed by atoms with Gasteiger partial charge in [0.2, 0.25) is 5.91 Å². The fourth-order valence-corrected chi connectivity index (χ4v) is 3.29. The highest BCUT2D eigenvalue weighted by Gasteiger charge is 2.25. The first-order valence-corrected chi connectivity index (χ1v) is 9.53. The predicted molar refractivity (Wildman–Crippen MR) is 109 cm³/mol. The van der Waals surface area contributed by atoms with Crippen molar-refractivity contribution in [2.75, 3.05) is 36.9 Å². The first-order valence-electron chi connectivity index (χ1n) is 9.15. The molecule has 30 heavy (non-hydrogen) atoms. The van der Waals surface area contributed by atoms with Crippen LogP contribution in [-0.2, 0) is 4.79 Å². The summed E-state index contributed by atoms with van der Waals surface area (Å²) in [6, 6.07) is 5.28. The monoisotopic (exact) mass is 440 g/mol. The molecule has 1 amide bonds. The number of benzene rings is 1. The van der Waals surface area contributed by atoms with E-state index in [2.05, 4.69) is 25.9 Å². The van der Waals surface area contributed by atoms with E-state index in [9.17, 15) is 18.0 Å². The summed E-state index contributed by atoms with van der Waals surface area (Å²) >= 11 is 6.19. The van der Waals surface area contributed by atoms with Crippen LogP contribution in [0.2, 0.25) is 5.02 Å². The third kappa shape index (κ3) is 5.12. The van der Waals surface area contributed by atoms with E-state index in [1.165, 1.54) is 0 Å². The fourth-order valence-electron chi connectivity index (χ4n) is 3.05. The van der Waals surface area contributed by atoms with Crippen molar-refractivity contribution in [2.24, 2.45) is 4.99 Å². The van der Waals surface area contributed by atoms with Crippen LogP contribution in [0.15, 0.2) is 35.5 Å². The van der Waals surface area contributed by atoms with E-state index in [1.54, 1.807) is 25.4 Å². The van der Waals surface area contributed by atoms with Crippen molar-refractivity contribution in [1.29, 1.82) is 0 Å². The Balaban J connectivity index is 1.50. The van der Waals surface area contributed by atoms with Gasteiger partial charge in [-0.1, -0.05) is 11.6 Å². The molecule has 1 aromatic heterocycles. The van der Waals surface area contributed by atoms with Crippen LogP contribution in [-0.4, -0.2) is 49.6 Å². The average molecular weight is 441 g/mol. The molecule has 7 nitrogen and oxygen atoms in total. The number of hydrogen-bond donors (Lipinski definition) is 3. The first kappa shape index (κ1) is 21.7. The van der Waals surface area contributed by atoms with Crippen molar-refractivity contribution in [2.45, 2.75) is 12.5 Å². The molecular weight excluding hydrogens is 421 g/mol.